The van der Waals surface area contributed by atoms with Gasteiger partial charge >= 0.3 is 0 Å². The van der Waals surface area contributed by atoms with Gasteiger partial charge in [-0.05, 0) is 57.6 Å². The number of likely N-dealkylation sites (tertiary alicyclic amines) is 1. The number of likely N-dealkylation sites (N-methyl/N-ethyl adjacent to an activating group) is 1. The lowest BCUT2D eigenvalue weighted by Crippen LogP contribution is -2.35. The average molecular weight is 261 g/mol. The van der Waals surface area contributed by atoms with Crippen molar-refractivity contribution in [3.8, 4) is 0 Å². The van der Waals surface area contributed by atoms with Crippen molar-refractivity contribution in [2.75, 3.05) is 25.5 Å². The lowest BCUT2D eigenvalue weighted by atomic mass is 10.2. The minimum atomic E-state index is -0.177. The first-order chi connectivity index (χ1) is 9.19. The lowest BCUT2D eigenvalue weighted by Gasteiger charge is -2.15. The molecule has 1 amide bonds. The average Bonchev–Trinajstić information content (AvgIpc) is 2.93. The number of hydrogen-bond acceptors (Lipinski definition) is 3. The van der Waals surface area contributed by atoms with Crippen LogP contribution in [-0.4, -0.2) is 37.0 Å². The molecule has 0 aromatic heterocycles. The molecule has 0 saturated carbocycles. The molecule has 1 aromatic rings. The Kier molecular flexibility index (Phi) is 4.93. The molecular weight excluding hydrogens is 238 g/mol. The zero-order chi connectivity index (χ0) is 13.7. The van der Waals surface area contributed by atoms with Gasteiger partial charge in [0.1, 0.15) is 0 Å². The molecule has 1 aliphatic heterocycles. The van der Waals surface area contributed by atoms with Gasteiger partial charge in [-0.15, -0.1) is 0 Å². The maximum absolute atomic E-state index is 11.7. The molecule has 0 radical (unpaired) electrons. The standard InChI is InChI=1S/C15H23N3O/c1-12(16-2)15(19)17-14-7-5-13(6-8-14)11-18-9-3-4-10-18/h5-8,12,16H,3-4,9-11H2,1-2H3,(H,17,19). The van der Waals surface area contributed by atoms with Crippen molar-refractivity contribution in [1.82, 2.24) is 10.2 Å². The topological polar surface area (TPSA) is 44.4 Å². The molecule has 1 saturated heterocycles. The fourth-order valence-electron chi connectivity index (χ4n) is 2.27. The molecule has 2 rings (SSSR count). The summed E-state index contributed by atoms with van der Waals surface area (Å²) in [7, 11) is 1.78. The molecule has 1 unspecified atom stereocenters. The van der Waals surface area contributed by atoms with Gasteiger partial charge in [0.15, 0.2) is 0 Å². The van der Waals surface area contributed by atoms with E-state index >= 15 is 0 Å². The summed E-state index contributed by atoms with van der Waals surface area (Å²) in [5.74, 6) is -0.00482. The molecule has 0 aliphatic carbocycles. The maximum atomic E-state index is 11.7. The highest BCUT2D eigenvalue weighted by molar-refractivity contribution is 5.94. The smallest absolute Gasteiger partial charge is 0.241 e. The van der Waals surface area contributed by atoms with E-state index in [-0.39, 0.29) is 11.9 Å². The van der Waals surface area contributed by atoms with Gasteiger partial charge in [0.2, 0.25) is 5.91 Å². The first kappa shape index (κ1) is 14.0. The number of carbonyl (C=O) groups excluding carboxylic acids is 1. The number of benzene rings is 1. The number of amides is 1. The van der Waals surface area contributed by atoms with Gasteiger partial charge in [-0.2, -0.15) is 0 Å². The third-order valence-electron chi connectivity index (χ3n) is 3.65. The van der Waals surface area contributed by atoms with E-state index in [1.807, 2.05) is 19.1 Å². The summed E-state index contributed by atoms with van der Waals surface area (Å²) in [6.07, 6.45) is 2.63. The van der Waals surface area contributed by atoms with Gasteiger partial charge in [-0.25, -0.2) is 0 Å². The molecule has 4 nitrogen and oxygen atoms in total. The van der Waals surface area contributed by atoms with Gasteiger partial charge in [-0.3, -0.25) is 9.69 Å². The molecular formula is C15H23N3O. The van der Waals surface area contributed by atoms with Crippen LogP contribution in [0.3, 0.4) is 0 Å². The predicted octanol–water partition coefficient (Wildman–Crippen LogP) is 1.83. The summed E-state index contributed by atoms with van der Waals surface area (Å²) in [5.41, 5.74) is 2.17. The molecule has 0 spiro atoms. The second-order valence-corrected chi connectivity index (χ2v) is 5.18. The number of carbonyl (C=O) groups is 1. The van der Waals surface area contributed by atoms with E-state index in [1.54, 1.807) is 7.05 Å². The molecule has 4 heteroatoms. The highest BCUT2D eigenvalue weighted by atomic mass is 16.2. The second-order valence-electron chi connectivity index (χ2n) is 5.18. The summed E-state index contributed by atoms with van der Waals surface area (Å²) < 4.78 is 0. The molecule has 1 heterocycles. The Labute approximate surface area is 115 Å². The quantitative estimate of drug-likeness (QED) is 0.850. The summed E-state index contributed by atoms with van der Waals surface area (Å²) in [6, 6.07) is 7.97. The Balaban J connectivity index is 1.88. The van der Waals surface area contributed by atoms with Crippen LogP contribution in [0.15, 0.2) is 24.3 Å². The lowest BCUT2D eigenvalue weighted by molar-refractivity contribution is -0.117. The van der Waals surface area contributed by atoms with Gasteiger partial charge in [0, 0.05) is 12.2 Å². The molecule has 1 aromatic carbocycles. The van der Waals surface area contributed by atoms with Crippen LogP contribution in [-0.2, 0) is 11.3 Å². The zero-order valence-corrected chi connectivity index (χ0v) is 11.8. The highest BCUT2D eigenvalue weighted by Crippen LogP contribution is 2.15. The van der Waals surface area contributed by atoms with E-state index < -0.39 is 0 Å². The summed E-state index contributed by atoms with van der Waals surface area (Å²) >= 11 is 0. The van der Waals surface area contributed by atoms with Crippen molar-refractivity contribution in [1.29, 1.82) is 0 Å². The highest BCUT2D eigenvalue weighted by Gasteiger charge is 2.12. The number of nitrogens with one attached hydrogen (secondary N) is 2. The van der Waals surface area contributed by atoms with Crippen LogP contribution in [0.4, 0.5) is 5.69 Å². The van der Waals surface area contributed by atoms with Crippen LogP contribution in [0.5, 0.6) is 0 Å². The Bertz CT molecular complexity index is 410. The Morgan fingerprint density at radius 2 is 1.89 bits per heavy atom. The van der Waals surface area contributed by atoms with Crippen molar-refractivity contribution in [3.05, 3.63) is 29.8 Å². The Hall–Kier alpha value is -1.39. The summed E-state index contributed by atoms with van der Waals surface area (Å²) in [5, 5.41) is 5.82. The first-order valence-corrected chi connectivity index (χ1v) is 6.98. The van der Waals surface area contributed by atoms with Crippen molar-refractivity contribution in [2.24, 2.45) is 0 Å². The number of anilines is 1. The zero-order valence-electron chi connectivity index (χ0n) is 11.8. The van der Waals surface area contributed by atoms with E-state index in [1.165, 1.54) is 31.5 Å². The molecule has 1 atom stereocenters. The van der Waals surface area contributed by atoms with Crippen molar-refractivity contribution >= 4 is 11.6 Å². The molecule has 104 valence electrons. The van der Waals surface area contributed by atoms with Crippen LogP contribution in [0.25, 0.3) is 0 Å². The van der Waals surface area contributed by atoms with E-state index in [0.29, 0.717) is 0 Å². The van der Waals surface area contributed by atoms with Crippen molar-refractivity contribution in [2.45, 2.75) is 32.4 Å². The number of nitrogens with zero attached hydrogens (tertiary/aromatic N) is 1. The van der Waals surface area contributed by atoms with Crippen LogP contribution in [0.2, 0.25) is 0 Å². The van der Waals surface area contributed by atoms with Crippen molar-refractivity contribution in [3.63, 3.8) is 0 Å². The monoisotopic (exact) mass is 261 g/mol. The SMILES string of the molecule is CNC(C)C(=O)Nc1ccc(CN2CCCC2)cc1. The third-order valence-corrected chi connectivity index (χ3v) is 3.65. The fraction of sp³-hybridized carbons (Fsp3) is 0.533. The number of rotatable bonds is 5. The van der Waals surface area contributed by atoms with Crippen LogP contribution < -0.4 is 10.6 Å². The summed E-state index contributed by atoms with van der Waals surface area (Å²) in [4.78, 5) is 14.2. The fourth-order valence-corrected chi connectivity index (χ4v) is 2.27. The van der Waals surface area contributed by atoms with Crippen LogP contribution in [0.1, 0.15) is 25.3 Å². The molecule has 0 bridgehead atoms. The minimum Gasteiger partial charge on any atom is -0.325 e. The van der Waals surface area contributed by atoms with E-state index in [2.05, 4.69) is 27.7 Å². The maximum Gasteiger partial charge on any atom is 0.241 e. The van der Waals surface area contributed by atoms with Crippen molar-refractivity contribution < 1.29 is 4.79 Å². The van der Waals surface area contributed by atoms with Gasteiger partial charge in [0.05, 0.1) is 6.04 Å². The van der Waals surface area contributed by atoms with Gasteiger partial charge < -0.3 is 10.6 Å². The number of hydrogen-bond donors (Lipinski definition) is 2. The Morgan fingerprint density at radius 1 is 1.26 bits per heavy atom. The first-order valence-electron chi connectivity index (χ1n) is 6.98. The van der Waals surface area contributed by atoms with Gasteiger partial charge in [-0.1, -0.05) is 12.1 Å². The predicted molar refractivity (Wildman–Crippen MR) is 78.1 cm³/mol. The van der Waals surface area contributed by atoms with Crippen LogP contribution in [0, 0.1) is 0 Å². The van der Waals surface area contributed by atoms with E-state index in [9.17, 15) is 4.79 Å². The summed E-state index contributed by atoms with van der Waals surface area (Å²) in [6.45, 7) is 5.27. The molecule has 1 fully saturated rings. The van der Waals surface area contributed by atoms with E-state index in [4.69, 9.17) is 0 Å². The Morgan fingerprint density at radius 3 is 2.47 bits per heavy atom. The molecule has 1 aliphatic rings. The largest absolute Gasteiger partial charge is 0.325 e. The second kappa shape index (κ2) is 6.68. The van der Waals surface area contributed by atoms with Gasteiger partial charge in [0.25, 0.3) is 0 Å². The van der Waals surface area contributed by atoms with E-state index in [0.717, 1.165) is 12.2 Å². The third kappa shape index (κ3) is 4.04. The van der Waals surface area contributed by atoms with Crippen LogP contribution >= 0.6 is 0 Å². The molecule has 2 N–H and O–H groups in total. The minimum absolute atomic E-state index is 0.00482. The normalized spacial score (nSPS) is 17.4. The molecule has 19 heavy (non-hydrogen) atoms.